The lowest BCUT2D eigenvalue weighted by Gasteiger charge is -2.36. The van der Waals surface area contributed by atoms with Crippen molar-refractivity contribution in [2.75, 3.05) is 38.1 Å². The van der Waals surface area contributed by atoms with Crippen molar-refractivity contribution in [1.82, 2.24) is 19.4 Å². The summed E-state index contributed by atoms with van der Waals surface area (Å²) in [5.74, 6) is -0.479. The lowest BCUT2D eigenvalue weighted by atomic mass is 10.0. The molecule has 4 atom stereocenters. The number of anilines is 1. The first-order chi connectivity index (χ1) is 21.9. The van der Waals surface area contributed by atoms with Crippen LogP contribution in [0.5, 0.6) is 5.75 Å². The summed E-state index contributed by atoms with van der Waals surface area (Å²) in [7, 11) is -0.618. The van der Waals surface area contributed by atoms with Crippen molar-refractivity contribution in [3.63, 3.8) is 0 Å². The van der Waals surface area contributed by atoms with Crippen LogP contribution in [0.3, 0.4) is 0 Å². The van der Waals surface area contributed by atoms with E-state index in [4.69, 9.17) is 9.47 Å². The van der Waals surface area contributed by atoms with Crippen LogP contribution in [0.2, 0.25) is 0 Å². The number of nitrogens with zero attached hydrogens (tertiary/aromatic N) is 4. The molecule has 0 spiro atoms. The van der Waals surface area contributed by atoms with E-state index in [1.807, 2.05) is 32.0 Å². The van der Waals surface area contributed by atoms with Gasteiger partial charge >= 0.3 is 0 Å². The summed E-state index contributed by atoms with van der Waals surface area (Å²) in [4.78, 5) is 34.6. The number of carbonyl (C=O) groups is 2. The van der Waals surface area contributed by atoms with Crippen molar-refractivity contribution in [2.45, 2.75) is 63.3 Å². The van der Waals surface area contributed by atoms with Gasteiger partial charge in [-0.15, -0.1) is 0 Å². The van der Waals surface area contributed by atoms with Crippen LogP contribution >= 0.6 is 0 Å². The number of sulfonamides is 1. The Morgan fingerprint density at radius 2 is 1.91 bits per heavy atom. The maximum Gasteiger partial charge on any atom is 0.280 e. The van der Waals surface area contributed by atoms with E-state index in [1.54, 1.807) is 55.1 Å². The highest BCUT2D eigenvalue weighted by Gasteiger charge is 2.31. The number of hydrogen-bond donors (Lipinski definition) is 2. The third-order valence-corrected chi connectivity index (χ3v) is 9.35. The third-order valence-electron chi connectivity index (χ3n) is 8.08. The molecule has 0 fully saturated rings. The Balaban J connectivity index is 1.66. The fraction of sp³-hybridized carbons (Fsp3) is 0.485. The molecule has 1 aliphatic heterocycles. The number of aliphatic hydroxyl groups excluding tert-OH is 1. The van der Waals surface area contributed by atoms with Gasteiger partial charge in [-0.3, -0.25) is 14.3 Å². The highest BCUT2D eigenvalue weighted by molar-refractivity contribution is 7.92. The fourth-order valence-electron chi connectivity index (χ4n) is 5.34. The standard InChI is InChI=1S/C33H45N5O7S/c1-23-18-38(24(2)21-39)33(41)28-17-27(35-46(42,43)31-20-36(4)22-34-31)14-15-29(28)45-25(3)11-9-10-16-44-30(23)19-37(5)32(40)26-12-7-6-8-13-26/h6-8,12-15,17,20,22-25,30,35,39H,9-11,16,18-19,21H2,1-5H3/t23-,24+,25+,30-/m0/s1. The highest BCUT2D eigenvalue weighted by atomic mass is 32.2. The van der Waals surface area contributed by atoms with Crippen molar-refractivity contribution < 1.29 is 32.6 Å². The third kappa shape index (κ3) is 8.86. The Morgan fingerprint density at radius 1 is 1.17 bits per heavy atom. The summed E-state index contributed by atoms with van der Waals surface area (Å²) in [6.07, 6.45) is 4.44. The molecule has 2 heterocycles. The summed E-state index contributed by atoms with van der Waals surface area (Å²) in [5.41, 5.74) is 0.901. The van der Waals surface area contributed by atoms with Crippen LogP contribution in [0.25, 0.3) is 0 Å². The number of imidazole rings is 1. The first-order valence-corrected chi connectivity index (χ1v) is 17.0. The molecule has 250 valence electrons. The van der Waals surface area contributed by atoms with Crippen LogP contribution in [-0.2, 0) is 21.8 Å². The zero-order valence-electron chi connectivity index (χ0n) is 27.1. The molecule has 2 aromatic carbocycles. The van der Waals surface area contributed by atoms with Crippen molar-refractivity contribution in [3.8, 4) is 5.75 Å². The van der Waals surface area contributed by atoms with E-state index in [9.17, 15) is 23.1 Å². The molecule has 4 rings (SSSR count). The molecule has 1 aliphatic rings. The molecule has 0 aliphatic carbocycles. The van der Waals surface area contributed by atoms with Gasteiger partial charge in [0.05, 0.1) is 36.7 Å². The molecule has 3 aromatic rings. The molecule has 0 saturated heterocycles. The van der Waals surface area contributed by atoms with Gasteiger partial charge in [0.1, 0.15) is 5.75 Å². The second-order valence-corrected chi connectivity index (χ2v) is 13.7. The minimum absolute atomic E-state index is 0.131. The molecule has 0 radical (unpaired) electrons. The maximum atomic E-state index is 14.3. The van der Waals surface area contributed by atoms with Crippen molar-refractivity contribution >= 4 is 27.5 Å². The van der Waals surface area contributed by atoms with Gasteiger partial charge in [-0.2, -0.15) is 8.42 Å². The van der Waals surface area contributed by atoms with Crippen LogP contribution in [0.4, 0.5) is 5.69 Å². The molecular weight excluding hydrogens is 610 g/mol. The summed E-state index contributed by atoms with van der Waals surface area (Å²) in [5, 5.41) is 10.0. The van der Waals surface area contributed by atoms with Gasteiger partial charge in [-0.25, -0.2) is 4.98 Å². The Kier molecular flexibility index (Phi) is 11.8. The van der Waals surface area contributed by atoms with Crippen molar-refractivity contribution in [3.05, 3.63) is 72.2 Å². The number of ether oxygens (including phenoxy) is 2. The van der Waals surface area contributed by atoms with E-state index in [0.29, 0.717) is 30.9 Å². The minimum Gasteiger partial charge on any atom is -0.490 e. The number of likely N-dealkylation sites (N-methyl/N-ethyl adjacent to an activating group) is 1. The molecule has 0 unspecified atom stereocenters. The first kappa shape index (κ1) is 34.9. The molecule has 46 heavy (non-hydrogen) atoms. The first-order valence-electron chi connectivity index (χ1n) is 15.5. The topological polar surface area (TPSA) is 143 Å². The van der Waals surface area contributed by atoms with Gasteiger partial charge in [-0.1, -0.05) is 25.1 Å². The second-order valence-electron chi connectivity index (χ2n) is 12.0. The maximum absolute atomic E-state index is 14.3. The van der Waals surface area contributed by atoms with E-state index in [2.05, 4.69) is 9.71 Å². The molecule has 0 saturated carbocycles. The monoisotopic (exact) mass is 655 g/mol. The van der Waals surface area contributed by atoms with E-state index in [-0.39, 0.29) is 47.4 Å². The Hall–Kier alpha value is -3.94. The molecule has 13 heteroatoms. The fourth-order valence-corrected chi connectivity index (χ4v) is 6.37. The van der Waals surface area contributed by atoms with Crippen LogP contribution < -0.4 is 9.46 Å². The van der Waals surface area contributed by atoms with E-state index in [0.717, 1.165) is 12.8 Å². The van der Waals surface area contributed by atoms with Crippen LogP contribution in [0.1, 0.15) is 60.7 Å². The van der Waals surface area contributed by atoms with Gasteiger partial charge in [-0.05, 0) is 63.4 Å². The summed E-state index contributed by atoms with van der Waals surface area (Å²) in [6, 6.07) is 13.1. The smallest absolute Gasteiger partial charge is 0.280 e. The molecular formula is C33H45N5O7S. The van der Waals surface area contributed by atoms with Crippen molar-refractivity contribution in [1.29, 1.82) is 0 Å². The zero-order chi connectivity index (χ0) is 33.4. The number of aliphatic hydroxyl groups is 1. The number of fused-ring (bicyclic) bond motifs is 1. The number of benzene rings is 2. The minimum atomic E-state index is -4.02. The summed E-state index contributed by atoms with van der Waals surface area (Å²) >= 11 is 0. The number of aryl methyl sites for hydroxylation is 1. The molecule has 0 bridgehead atoms. The highest BCUT2D eigenvalue weighted by Crippen LogP contribution is 2.29. The van der Waals surface area contributed by atoms with Gasteiger partial charge in [0.15, 0.2) is 5.03 Å². The molecule has 2 N–H and O–H groups in total. The lowest BCUT2D eigenvalue weighted by Crippen LogP contribution is -2.48. The predicted octanol–water partition coefficient (Wildman–Crippen LogP) is 3.79. The van der Waals surface area contributed by atoms with E-state index in [1.165, 1.54) is 23.2 Å². The van der Waals surface area contributed by atoms with Crippen LogP contribution in [0.15, 0.2) is 66.1 Å². The average molecular weight is 656 g/mol. The number of rotatable bonds is 8. The quantitative estimate of drug-likeness (QED) is 0.373. The lowest BCUT2D eigenvalue weighted by molar-refractivity contribution is -0.0149. The number of amides is 2. The van der Waals surface area contributed by atoms with Gasteiger partial charge in [0.25, 0.3) is 21.8 Å². The molecule has 2 amide bonds. The normalized spacial score (nSPS) is 20.6. The second kappa shape index (κ2) is 15.6. The largest absolute Gasteiger partial charge is 0.490 e. The van der Waals surface area contributed by atoms with Crippen molar-refractivity contribution in [2.24, 2.45) is 13.0 Å². The predicted molar refractivity (Wildman–Crippen MR) is 174 cm³/mol. The van der Waals surface area contributed by atoms with Crippen LogP contribution in [0, 0.1) is 5.92 Å². The Labute approximate surface area is 271 Å². The SMILES string of the molecule is C[C@@H]1CCCCO[C@@H](CN(C)C(=O)c2ccccc2)[C@@H](C)CN([C@H](C)CO)C(=O)c2cc(NS(=O)(=O)c3cn(C)cn3)ccc2O1. The Bertz CT molecular complexity index is 1580. The zero-order valence-corrected chi connectivity index (χ0v) is 27.9. The molecule has 12 nitrogen and oxygen atoms in total. The Morgan fingerprint density at radius 3 is 2.59 bits per heavy atom. The molecule has 1 aromatic heterocycles. The number of hydrogen-bond acceptors (Lipinski definition) is 8. The number of carbonyl (C=O) groups excluding carboxylic acids is 2. The number of nitrogens with one attached hydrogen (secondary N) is 1. The van der Waals surface area contributed by atoms with Crippen LogP contribution in [-0.4, -0.2) is 96.3 Å². The summed E-state index contributed by atoms with van der Waals surface area (Å²) < 4.78 is 42.7. The average Bonchev–Trinajstić information content (AvgIpc) is 3.49. The van der Waals surface area contributed by atoms with E-state index >= 15 is 0 Å². The van der Waals surface area contributed by atoms with Gasteiger partial charge in [0, 0.05) is 57.2 Å². The summed E-state index contributed by atoms with van der Waals surface area (Å²) in [6.45, 7) is 6.31. The van der Waals surface area contributed by atoms with Gasteiger partial charge in [0.2, 0.25) is 0 Å². The van der Waals surface area contributed by atoms with Gasteiger partial charge < -0.3 is 28.9 Å². The number of aromatic nitrogens is 2. The van der Waals surface area contributed by atoms with E-state index < -0.39 is 28.1 Å².